The molecule has 8 heteroatoms. The third-order valence-electron chi connectivity index (χ3n) is 5.62. The van der Waals surface area contributed by atoms with Crippen LogP contribution in [0.25, 0.3) is 0 Å². The fourth-order valence-corrected chi connectivity index (χ4v) is 3.73. The molecule has 1 saturated heterocycles. The molecule has 0 N–H and O–H groups in total. The first-order valence-electron chi connectivity index (χ1n) is 9.49. The van der Waals surface area contributed by atoms with E-state index in [4.69, 9.17) is 0 Å². The number of piperidine rings is 1. The summed E-state index contributed by atoms with van der Waals surface area (Å²) in [6.45, 7) is 2.84. The summed E-state index contributed by atoms with van der Waals surface area (Å²) in [5.74, 6) is -2.14. The third kappa shape index (κ3) is 4.36. The molecule has 154 valence electrons. The van der Waals surface area contributed by atoms with Crippen molar-refractivity contribution in [3.63, 3.8) is 0 Å². The SMILES string of the molecule is CC(c1ccc(F)c(F)c1)N(C)C(=O)C1CCN(c2ccccc2[N+](=O)[O-])CC1. The Morgan fingerprint density at radius 1 is 1.17 bits per heavy atom. The first kappa shape index (κ1) is 20.7. The molecule has 0 aromatic heterocycles. The molecule has 0 spiro atoms. The van der Waals surface area contributed by atoms with Gasteiger partial charge in [0.25, 0.3) is 5.69 Å². The number of nitro benzene ring substituents is 1. The van der Waals surface area contributed by atoms with Gasteiger partial charge in [-0.05, 0) is 43.5 Å². The smallest absolute Gasteiger partial charge is 0.292 e. The van der Waals surface area contributed by atoms with Gasteiger partial charge in [-0.2, -0.15) is 0 Å². The molecule has 0 saturated carbocycles. The number of rotatable bonds is 5. The molecule has 1 atom stereocenters. The lowest BCUT2D eigenvalue weighted by Gasteiger charge is -2.35. The molecule has 6 nitrogen and oxygen atoms in total. The highest BCUT2D eigenvalue weighted by Crippen LogP contribution is 2.32. The van der Waals surface area contributed by atoms with E-state index in [1.807, 2.05) is 4.90 Å². The van der Waals surface area contributed by atoms with E-state index in [2.05, 4.69) is 0 Å². The lowest BCUT2D eigenvalue weighted by molar-refractivity contribution is -0.384. The van der Waals surface area contributed by atoms with E-state index >= 15 is 0 Å². The Hall–Kier alpha value is -3.03. The Bertz CT molecular complexity index is 914. The Morgan fingerprint density at radius 3 is 2.45 bits per heavy atom. The largest absolute Gasteiger partial charge is 0.366 e. The number of nitrogens with zero attached hydrogens (tertiary/aromatic N) is 3. The Balaban J connectivity index is 1.65. The van der Waals surface area contributed by atoms with Gasteiger partial charge in [0.05, 0.1) is 11.0 Å². The second kappa shape index (κ2) is 8.55. The monoisotopic (exact) mass is 403 g/mol. The summed E-state index contributed by atoms with van der Waals surface area (Å²) >= 11 is 0. The van der Waals surface area contributed by atoms with E-state index in [1.165, 1.54) is 12.1 Å². The topological polar surface area (TPSA) is 66.7 Å². The number of hydrogen-bond acceptors (Lipinski definition) is 4. The molecule has 2 aromatic carbocycles. The van der Waals surface area contributed by atoms with Crippen LogP contribution in [0.3, 0.4) is 0 Å². The van der Waals surface area contributed by atoms with Crippen molar-refractivity contribution in [3.05, 3.63) is 69.8 Å². The van der Waals surface area contributed by atoms with Crippen LogP contribution in [0.1, 0.15) is 31.4 Å². The van der Waals surface area contributed by atoms with E-state index in [0.29, 0.717) is 37.2 Å². The average Bonchev–Trinajstić information content (AvgIpc) is 2.74. The van der Waals surface area contributed by atoms with Crippen LogP contribution in [0.4, 0.5) is 20.2 Å². The van der Waals surface area contributed by atoms with Gasteiger partial charge in [0, 0.05) is 32.1 Å². The number of para-hydroxylation sites is 2. The molecule has 1 heterocycles. The standard InChI is InChI=1S/C21H23F2N3O3/c1-14(16-7-8-17(22)18(23)13-16)24(2)21(27)15-9-11-25(12-10-15)19-5-3-4-6-20(19)26(28)29/h3-8,13-15H,9-12H2,1-2H3. The van der Waals surface area contributed by atoms with Gasteiger partial charge in [0.1, 0.15) is 5.69 Å². The van der Waals surface area contributed by atoms with Crippen LogP contribution < -0.4 is 4.90 Å². The van der Waals surface area contributed by atoms with Gasteiger partial charge in [0.2, 0.25) is 5.91 Å². The number of carbonyl (C=O) groups is 1. The average molecular weight is 403 g/mol. The Kier molecular flexibility index (Phi) is 6.10. The Labute approximate surface area is 167 Å². The summed E-state index contributed by atoms with van der Waals surface area (Å²) in [4.78, 5) is 27.2. The van der Waals surface area contributed by atoms with Crippen LogP contribution >= 0.6 is 0 Å². The highest BCUT2D eigenvalue weighted by Gasteiger charge is 2.31. The number of hydrogen-bond donors (Lipinski definition) is 0. The summed E-state index contributed by atoms with van der Waals surface area (Å²) in [7, 11) is 1.66. The molecule has 1 fully saturated rings. The fraction of sp³-hybridized carbons (Fsp3) is 0.381. The second-order valence-corrected chi connectivity index (χ2v) is 7.31. The van der Waals surface area contributed by atoms with Crippen molar-refractivity contribution >= 4 is 17.3 Å². The molecule has 1 aliphatic rings. The van der Waals surface area contributed by atoms with Crippen molar-refractivity contribution < 1.29 is 18.5 Å². The summed E-state index contributed by atoms with van der Waals surface area (Å²) < 4.78 is 26.7. The molecule has 1 amide bonds. The van der Waals surface area contributed by atoms with E-state index in [1.54, 1.807) is 37.1 Å². The van der Waals surface area contributed by atoms with Crippen LogP contribution in [0.15, 0.2) is 42.5 Å². The number of carbonyl (C=O) groups excluding carboxylic acids is 1. The van der Waals surface area contributed by atoms with Crippen molar-refractivity contribution in [2.75, 3.05) is 25.0 Å². The number of amides is 1. The fourth-order valence-electron chi connectivity index (χ4n) is 3.73. The summed E-state index contributed by atoms with van der Waals surface area (Å²) in [5.41, 5.74) is 1.14. The maximum atomic E-state index is 13.5. The molecule has 1 aliphatic heterocycles. The molecule has 2 aromatic rings. The molecular formula is C21H23F2N3O3. The first-order valence-corrected chi connectivity index (χ1v) is 9.49. The van der Waals surface area contributed by atoms with Gasteiger partial charge >= 0.3 is 0 Å². The van der Waals surface area contributed by atoms with Gasteiger partial charge in [0.15, 0.2) is 11.6 Å². The summed E-state index contributed by atoms with van der Waals surface area (Å²) in [5, 5.41) is 11.2. The van der Waals surface area contributed by atoms with E-state index in [9.17, 15) is 23.7 Å². The summed E-state index contributed by atoms with van der Waals surface area (Å²) in [6.07, 6.45) is 1.14. The van der Waals surface area contributed by atoms with Gasteiger partial charge < -0.3 is 9.80 Å². The van der Waals surface area contributed by atoms with Crippen molar-refractivity contribution in [1.82, 2.24) is 4.90 Å². The van der Waals surface area contributed by atoms with E-state index in [0.717, 1.165) is 12.1 Å². The van der Waals surface area contributed by atoms with Crippen LogP contribution in [0.2, 0.25) is 0 Å². The lowest BCUT2D eigenvalue weighted by Crippen LogP contribution is -2.42. The first-order chi connectivity index (χ1) is 13.8. The van der Waals surface area contributed by atoms with Crippen LogP contribution in [-0.4, -0.2) is 35.9 Å². The number of halogens is 2. The molecule has 0 radical (unpaired) electrons. The number of nitro groups is 1. The van der Waals surface area contributed by atoms with Crippen molar-refractivity contribution in [1.29, 1.82) is 0 Å². The Morgan fingerprint density at radius 2 is 1.83 bits per heavy atom. The van der Waals surface area contributed by atoms with Crippen molar-refractivity contribution in [2.45, 2.75) is 25.8 Å². The number of benzene rings is 2. The molecular weight excluding hydrogens is 380 g/mol. The number of anilines is 1. The van der Waals surface area contributed by atoms with E-state index < -0.39 is 22.6 Å². The van der Waals surface area contributed by atoms with Crippen molar-refractivity contribution in [3.8, 4) is 0 Å². The quantitative estimate of drug-likeness (QED) is 0.551. The lowest BCUT2D eigenvalue weighted by atomic mass is 9.93. The zero-order valence-corrected chi connectivity index (χ0v) is 16.3. The van der Waals surface area contributed by atoms with Gasteiger partial charge in [-0.1, -0.05) is 18.2 Å². The van der Waals surface area contributed by atoms with Crippen molar-refractivity contribution in [2.24, 2.45) is 5.92 Å². The van der Waals surface area contributed by atoms with Crippen LogP contribution in [-0.2, 0) is 4.79 Å². The minimum Gasteiger partial charge on any atom is -0.366 e. The van der Waals surface area contributed by atoms with Gasteiger partial charge in [-0.3, -0.25) is 14.9 Å². The minimum atomic E-state index is -0.937. The van der Waals surface area contributed by atoms with E-state index in [-0.39, 0.29) is 17.5 Å². The second-order valence-electron chi connectivity index (χ2n) is 7.31. The molecule has 1 unspecified atom stereocenters. The molecule has 3 rings (SSSR count). The van der Waals surface area contributed by atoms with Crippen LogP contribution in [0.5, 0.6) is 0 Å². The maximum Gasteiger partial charge on any atom is 0.292 e. The normalized spacial score (nSPS) is 15.8. The maximum absolute atomic E-state index is 13.5. The minimum absolute atomic E-state index is 0.0568. The zero-order chi connectivity index (χ0) is 21.1. The van der Waals surface area contributed by atoms with Gasteiger partial charge in [-0.15, -0.1) is 0 Å². The summed E-state index contributed by atoms with van der Waals surface area (Å²) in [6, 6.07) is 9.84. The van der Waals surface area contributed by atoms with Crippen LogP contribution in [0, 0.1) is 27.7 Å². The predicted octanol–water partition coefficient (Wildman–Crippen LogP) is 4.31. The molecule has 0 bridgehead atoms. The zero-order valence-electron chi connectivity index (χ0n) is 16.3. The highest BCUT2D eigenvalue weighted by atomic mass is 19.2. The molecule has 0 aliphatic carbocycles. The molecule has 29 heavy (non-hydrogen) atoms. The predicted molar refractivity (Wildman–Crippen MR) is 106 cm³/mol. The highest BCUT2D eigenvalue weighted by molar-refractivity contribution is 5.79. The third-order valence-corrected chi connectivity index (χ3v) is 5.62. The van der Waals surface area contributed by atoms with Gasteiger partial charge in [-0.25, -0.2) is 8.78 Å².